The van der Waals surface area contributed by atoms with Crippen LogP contribution in [0.5, 0.6) is 0 Å². The van der Waals surface area contributed by atoms with Gasteiger partial charge < -0.3 is 4.74 Å². The number of hydrogen-bond acceptors (Lipinski definition) is 6. The molecule has 122 valence electrons. The van der Waals surface area contributed by atoms with Gasteiger partial charge in [0.25, 0.3) is 5.91 Å². The number of ether oxygens (including phenoxy) is 1. The number of nitrogens with zero attached hydrogens (tertiary/aromatic N) is 3. The Bertz CT molecular complexity index is 651. The number of nitrogens with one attached hydrogen (secondary N) is 1. The zero-order chi connectivity index (χ0) is 16.2. The van der Waals surface area contributed by atoms with Gasteiger partial charge in [-0.1, -0.05) is 0 Å². The summed E-state index contributed by atoms with van der Waals surface area (Å²) >= 11 is 1.44. The Kier molecular flexibility index (Phi) is 5.00. The molecule has 1 N–H and O–H groups in total. The third-order valence-corrected chi connectivity index (χ3v) is 4.38. The van der Waals surface area contributed by atoms with E-state index in [0.29, 0.717) is 10.7 Å². The SMILES string of the molecule is CC1CN(Cc2csc(NC(=O)c3cccnc3)n2)CC(C)O1. The first kappa shape index (κ1) is 16.0. The highest BCUT2D eigenvalue weighted by Gasteiger charge is 2.22. The molecule has 6 nitrogen and oxygen atoms in total. The lowest BCUT2D eigenvalue weighted by atomic mass is 10.2. The van der Waals surface area contributed by atoms with Crippen molar-refractivity contribution in [3.05, 3.63) is 41.2 Å². The third kappa shape index (κ3) is 4.34. The number of amides is 1. The number of anilines is 1. The van der Waals surface area contributed by atoms with Crippen molar-refractivity contribution < 1.29 is 9.53 Å². The summed E-state index contributed by atoms with van der Waals surface area (Å²) in [4.78, 5) is 22.9. The summed E-state index contributed by atoms with van der Waals surface area (Å²) in [5.41, 5.74) is 1.50. The Labute approximate surface area is 139 Å². The van der Waals surface area contributed by atoms with E-state index >= 15 is 0 Å². The number of thiazole rings is 1. The van der Waals surface area contributed by atoms with Crippen LogP contribution in [0, 0.1) is 0 Å². The van der Waals surface area contributed by atoms with Gasteiger partial charge in [-0.2, -0.15) is 0 Å². The molecule has 0 saturated carbocycles. The molecule has 0 bridgehead atoms. The van der Waals surface area contributed by atoms with E-state index in [1.807, 2.05) is 5.38 Å². The molecule has 0 spiro atoms. The molecule has 2 aromatic heterocycles. The van der Waals surface area contributed by atoms with Crippen LogP contribution in [0.25, 0.3) is 0 Å². The predicted octanol–water partition coefficient (Wildman–Crippen LogP) is 2.40. The number of carbonyl (C=O) groups is 1. The van der Waals surface area contributed by atoms with E-state index in [1.54, 1.807) is 24.5 Å². The van der Waals surface area contributed by atoms with E-state index in [2.05, 4.69) is 34.0 Å². The van der Waals surface area contributed by atoms with Crippen molar-refractivity contribution in [1.82, 2.24) is 14.9 Å². The number of carbonyl (C=O) groups excluding carboxylic acids is 1. The van der Waals surface area contributed by atoms with Crippen LogP contribution in [-0.2, 0) is 11.3 Å². The second-order valence-electron chi connectivity index (χ2n) is 5.79. The smallest absolute Gasteiger partial charge is 0.259 e. The molecule has 3 heterocycles. The second kappa shape index (κ2) is 7.16. The van der Waals surface area contributed by atoms with Gasteiger partial charge in [0.15, 0.2) is 5.13 Å². The number of hydrogen-bond donors (Lipinski definition) is 1. The van der Waals surface area contributed by atoms with Gasteiger partial charge in [-0.25, -0.2) is 4.98 Å². The Morgan fingerprint density at radius 2 is 2.22 bits per heavy atom. The van der Waals surface area contributed by atoms with Gasteiger partial charge in [0.05, 0.1) is 23.5 Å². The van der Waals surface area contributed by atoms with Gasteiger partial charge in [-0.15, -0.1) is 11.3 Å². The van der Waals surface area contributed by atoms with Crippen LogP contribution in [0.1, 0.15) is 29.9 Å². The Morgan fingerprint density at radius 3 is 2.91 bits per heavy atom. The zero-order valence-electron chi connectivity index (χ0n) is 13.2. The number of rotatable bonds is 4. The molecule has 1 aliphatic rings. The summed E-state index contributed by atoms with van der Waals surface area (Å²) in [6.07, 6.45) is 3.66. The maximum absolute atomic E-state index is 12.1. The molecule has 23 heavy (non-hydrogen) atoms. The maximum Gasteiger partial charge on any atom is 0.259 e. The fraction of sp³-hybridized carbons (Fsp3) is 0.438. The lowest BCUT2D eigenvalue weighted by Gasteiger charge is -2.34. The number of morpholine rings is 1. The summed E-state index contributed by atoms with van der Waals surface area (Å²) in [6.45, 7) is 6.75. The van der Waals surface area contributed by atoms with E-state index in [0.717, 1.165) is 25.3 Å². The lowest BCUT2D eigenvalue weighted by molar-refractivity contribution is -0.0707. The summed E-state index contributed by atoms with van der Waals surface area (Å²) in [5.74, 6) is -0.187. The summed E-state index contributed by atoms with van der Waals surface area (Å²) in [7, 11) is 0. The van der Waals surface area contributed by atoms with E-state index in [4.69, 9.17) is 4.74 Å². The predicted molar refractivity (Wildman–Crippen MR) is 89.6 cm³/mol. The molecular weight excluding hydrogens is 312 g/mol. The van der Waals surface area contributed by atoms with Crippen molar-refractivity contribution >= 4 is 22.4 Å². The number of pyridine rings is 1. The fourth-order valence-electron chi connectivity index (χ4n) is 2.75. The standard InChI is InChI=1S/C16H20N4O2S/c1-11-7-20(8-12(2)22-11)9-14-10-23-16(18-14)19-15(21)13-4-3-5-17-6-13/h3-6,10-12H,7-9H2,1-2H3,(H,18,19,21). The highest BCUT2D eigenvalue weighted by Crippen LogP contribution is 2.19. The molecule has 7 heteroatoms. The zero-order valence-corrected chi connectivity index (χ0v) is 14.0. The largest absolute Gasteiger partial charge is 0.373 e. The van der Waals surface area contributed by atoms with E-state index in [9.17, 15) is 4.79 Å². The first-order valence-electron chi connectivity index (χ1n) is 7.64. The van der Waals surface area contributed by atoms with Gasteiger partial charge in [0, 0.05) is 37.4 Å². The van der Waals surface area contributed by atoms with Gasteiger partial charge in [0.2, 0.25) is 0 Å². The van der Waals surface area contributed by atoms with E-state index in [1.165, 1.54) is 11.3 Å². The fourth-order valence-corrected chi connectivity index (χ4v) is 3.44. The quantitative estimate of drug-likeness (QED) is 0.931. The van der Waals surface area contributed by atoms with E-state index in [-0.39, 0.29) is 18.1 Å². The molecule has 0 radical (unpaired) electrons. The first-order valence-corrected chi connectivity index (χ1v) is 8.51. The third-order valence-electron chi connectivity index (χ3n) is 3.58. The van der Waals surface area contributed by atoms with Crippen LogP contribution in [-0.4, -0.2) is 46.1 Å². The van der Waals surface area contributed by atoms with Crippen molar-refractivity contribution in [2.24, 2.45) is 0 Å². The average Bonchev–Trinajstić information content (AvgIpc) is 2.94. The Balaban J connectivity index is 1.59. The molecular formula is C16H20N4O2S. The average molecular weight is 332 g/mol. The van der Waals surface area contributed by atoms with Crippen LogP contribution in [0.4, 0.5) is 5.13 Å². The van der Waals surface area contributed by atoms with Crippen molar-refractivity contribution in [2.75, 3.05) is 18.4 Å². The molecule has 1 aliphatic heterocycles. The molecule has 3 rings (SSSR count). The van der Waals surface area contributed by atoms with Gasteiger partial charge in [0.1, 0.15) is 0 Å². The van der Waals surface area contributed by atoms with Gasteiger partial charge >= 0.3 is 0 Å². The summed E-state index contributed by atoms with van der Waals surface area (Å²) in [5, 5.41) is 5.42. The van der Waals surface area contributed by atoms with Crippen molar-refractivity contribution in [2.45, 2.75) is 32.6 Å². The number of aromatic nitrogens is 2. The molecule has 0 aliphatic carbocycles. The van der Waals surface area contributed by atoms with Crippen LogP contribution < -0.4 is 5.32 Å². The lowest BCUT2D eigenvalue weighted by Crippen LogP contribution is -2.44. The maximum atomic E-state index is 12.1. The minimum Gasteiger partial charge on any atom is -0.373 e. The van der Waals surface area contributed by atoms with Gasteiger partial charge in [-0.05, 0) is 26.0 Å². The molecule has 2 atom stereocenters. The van der Waals surface area contributed by atoms with Crippen LogP contribution in [0.2, 0.25) is 0 Å². The van der Waals surface area contributed by atoms with E-state index < -0.39 is 0 Å². The molecule has 1 amide bonds. The second-order valence-corrected chi connectivity index (χ2v) is 6.65. The van der Waals surface area contributed by atoms with Crippen molar-refractivity contribution in [3.63, 3.8) is 0 Å². The van der Waals surface area contributed by atoms with Gasteiger partial charge in [-0.3, -0.25) is 20.0 Å². The molecule has 2 aromatic rings. The minimum atomic E-state index is -0.187. The molecule has 1 saturated heterocycles. The Morgan fingerprint density at radius 1 is 1.43 bits per heavy atom. The highest BCUT2D eigenvalue weighted by molar-refractivity contribution is 7.13. The highest BCUT2D eigenvalue weighted by atomic mass is 32.1. The summed E-state index contributed by atoms with van der Waals surface area (Å²) < 4.78 is 5.74. The normalized spacial score (nSPS) is 22.0. The summed E-state index contributed by atoms with van der Waals surface area (Å²) in [6, 6.07) is 3.47. The first-order chi connectivity index (χ1) is 11.1. The van der Waals surface area contributed by atoms with Crippen LogP contribution >= 0.6 is 11.3 Å². The van der Waals surface area contributed by atoms with Crippen LogP contribution in [0.3, 0.4) is 0 Å². The minimum absolute atomic E-state index is 0.187. The molecule has 2 unspecified atom stereocenters. The topological polar surface area (TPSA) is 67.4 Å². The molecule has 0 aromatic carbocycles. The Hall–Kier alpha value is -1.83. The monoisotopic (exact) mass is 332 g/mol. The molecule has 1 fully saturated rings. The van der Waals surface area contributed by atoms with Crippen molar-refractivity contribution in [3.8, 4) is 0 Å². The van der Waals surface area contributed by atoms with Crippen molar-refractivity contribution in [1.29, 1.82) is 0 Å². The van der Waals surface area contributed by atoms with Crippen LogP contribution in [0.15, 0.2) is 29.9 Å².